The highest BCUT2D eigenvalue weighted by atomic mass is 16.2. The predicted octanol–water partition coefficient (Wildman–Crippen LogP) is 2.24. The van der Waals surface area contributed by atoms with E-state index in [1.807, 2.05) is 13.8 Å². The molecule has 0 rings (SSSR count). The summed E-state index contributed by atoms with van der Waals surface area (Å²) in [7, 11) is 0. The monoisotopic (exact) mass is 205 g/mol. The maximum atomic E-state index is 12.1. The molecule has 0 saturated carbocycles. The molecule has 0 unspecified atom stereocenters. The third kappa shape index (κ3) is 4.03. The van der Waals surface area contributed by atoms with Gasteiger partial charge in [-0.3, -0.25) is 4.79 Å². The summed E-state index contributed by atoms with van der Waals surface area (Å²) in [6.07, 6.45) is 9.08. The van der Waals surface area contributed by atoms with Crippen molar-refractivity contribution in [2.24, 2.45) is 5.41 Å². The fourth-order valence-electron chi connectivity index (χ4n) is 1.31. The van der Waals surface area contributed by atoms with Crippen molar-refractivity contribution in [3.63, 3.8) is 0 Å². The van der Waals surface area contributed by atoms with Gasteiger partial charge in [0.1, 0.15) is 0 Å². The van der Waals surface area contributed by atoms with E-state index >= 15 is 0 Å². The average molecular weight is 205 g/mol. The predicted molar refractivity (Wildman–Crippen MR) is 64.2 cm³/mol. The van der Waals surface area contributed by atoms with Gasteiger partial charge in [0.2, 0.25) is 5.91 Å². The highest BCUT2D eigenvalue weighted by molar-refractivity contribution is 5.82. The van der Waals surface area contributed by atoms with Gasteiger partial charge in [0, 0.05) is 19.5 Å². The lowest BCUT2D eigenvalue weighted by Gasteiger charge is -2.29. The van der Waals surface area contributed by atoms with Gasteiger partial charge in [0.25, 0.3) is 0 Å². The first-order valence-corrected chi connectivity index (χ1v) is 4.94. The summed E-state index contributed by atoms with van der Waals surface area (Å²) in [5.74, 6) is 2.57. The lowest BCUT2D eigenvalue weighted by atomic mass is 9.88. The van der Waals surface area contributed by atoms with Crippen LogP contribution in [-0.4, -0.2) is 23.9 Å². The molecule has 82 valence electrons. The topological polar surface area (TPSA) is 20.3 Å². The first-order valence-electron chi connectivity index (χ1n) is 4.94. The van der Waals surface area contributed by atoms with E-state index < -0.39 is 5.41 Å². The molecule has 0 aromatic carbocycles. The van der Waals surface area contributed by atoms with Gasteiger partial charge in [0.15, 0.2) is 0 Å². The molecule has 0 fully saturated rings. The fraction of sp³-hybridized carbons (Fsp3) is 0.462. The highest BCUT2D eigenvalue weighted by Crippen LogP contribution is 2.22. The van der Waals surface area contributed by atoms with Crippen LogP contribution in [0.15, 0.2) is 25.3 Å². The minimum absolute atomic E-state index is 0.0419. The summed E-state index contributed by atoms with van der Waals surface area (Å²) in [6, 6.07) is 0. The van der Waals surface area contributed by atoms with Crippen LogP contribution in [0.1, 0.15) is 20.3 Å². The van der Waals surface area contributed by atoms with E-state index in [1.165, 1.54) is 0 Å². The molecule has 0 aliphatic rings. The zero-order valence-electron chi connectivity index (χ0n) is 9.62. The zero-order valence-corrected chi connectivity index (χ0v) is 9.62. The SMILES string of the molecule is C#CCC(C)(C)C(=O)N(CC=C)CC=C. The molecule has 0 spiro atoms. The number of carbonyl (C=O) groups excluding carboxylic acids is 1. The lowest BCUT2D eigenvalue weighted by Crippen LogP contribution is -2.41. The maximum Gasteiger partial charge on any atom is 0.229 e. The van der Waals surface area contributed by atoms with E-state index in [2.05, 4.69) is 19.1 Å². The zero-order chi connectivity index (χ0) is 11.9. The molecule has 0 bridgehead atoms. The minimum Gasteiger partial charge on any atom is -0.335 e. The molecule has 15 heavy (non-hydrogen) atoms. The van der Waals surface area contributed by atoms with Crippen LogP contribution in [0.25, 0.3) is 0 Å². The van der Waals surface area contributed by atoms with Gasteiger partial charge in [0.05, 0.1) is 5.41 Å². The Bertz CT molecular complexity index is 273. The maximum absolute atomic E-state index is 12.1. The van der Waals surface area contributed by atoms with Crippen molar-refractivity contribution in [1.29, 1.82) is 0 Å². The largest absolute Gasteiger partial charge is 0.335 e. The number of rotatable bonds is 6. The van der Waals surface area contributed by atoms with E-state index in [0.717, 1.165) is 0 Å². The number of amides is 1. The number of hydrogen-bond acceptors (Lipinski definition) is 1. The van der Waals surface area contributed by atoms with Crippen molar-refractivity contribution in [2.45, 2.75) is 20.3 Å². The summed E-state index contributed by atoms with van der Waals surface area (Å²) in [5.41, 5.74) is -0.513. The van der Waals surface area contributed by atoms with Crippen LogP contribution in [0, 0.1) is 17.8 Å². The Balaban J connectivity index is 4.68. The van der Waals surface area contributed by atoms with Crippen molar-refractivity contribution >= 4 is 5.91 Å². The van der Waals surface area contributed by atoms with Crippen LogP contribution in [0.5, 0.6) is 0 Å². The average Bonchev–Trinajstić information content (AvgIpc) is 2.16. The molecular weight excluding hydrogens is 186 g/mol. The summed E-state index contributed by atoms with van der Waals surface area (Å²) >= 11 is 0. The molecule has 0 aliphatic heterocycles. The first-order chi connectivity index (χ1) is 6.99. The second kappa shape index (κ2) is 6.08. The molecule has 0 radical (unpaired) electrons. The van der Waals surface area contributed by atoms with Crippen LogP contribution in [-0.2, 0) is 4.79 Å². The van der Waals surface area contributed by atoms with E-state index in [0.29, 0.717) is 19.5 Å². The molecule has 0 aromatic rings. The van der Waals surface area contributed by atoms with Crippen LogP contribution < -0.4 is 0 Å². The summed E-state index contributed by atoms with van der Waals surface area (Å²) < 4.78 is 0. The molecule has 0 aliphatic carbocycles. The van der Waals surface area contributed by atoms with E-state index in [1.54, 1.807) is 17.1 Å². The third-order valence-electron chi connectivity index (χ3n) is 2.11. The Morgan fingerprint density at radius 3 is 2.20 bits per heavy atom. The van der Waals surface area contributed by atoms with Crippen molar-refractivity contribution in [3.05, 3.63) is 25.3 Å². The van der Waals surface area contributed by atoms with Gasteiger partial charge < -0.3 is 4.90 Å². The molecule has 2 heteroatoms. The van der Waals surface area contributed by atoms with Crippen molar-refractivity contribution in [2.75, 3.05) is 13.1 Å². The van der Waals surface area contributed by atoms with Crippen LogP contribution in [0.2, 0.25) is 0 Å². The third-order valence-corrected chi connectivity index (χ3v) is 2.11. The Labute approximate surface area is 92.7 Å². The second-order valence-corrected chi connectivity index (χ2v) is 4.05. The van der Waals surface area contributed by atoms with Crippen molar-refractivity contribution in [3.8, 4) is 12.3 Å². The number of carbonyl (C=O) groups is 1. The molecule has 2 nitrogen and oxygen atoms in total. The quantitative estimate of drug-likeness (QED) is 0.481. The molecule has 0 aromatic heterocycles. The number of nitrogens with zero attached hydrogens (tertiary/aromatic N) is 1. The van der Waals surface area contributed by atoms with Crippen LogP contribution in [0.4, 0.5) is 0 Å². The van der Waals surface area contributed by atoms with Crippen molar-refractivity contribution in [1.82, 2.24) is 4.90 Å². The Morgan fingerprint density at radius 2 is 1.87 bits per heavy atom. The Hall–Kier alpha value is -1.49. The van der Waals surface area contributed by atoms with Crippen LogP contribution in [0.3, 0.4) is 0 Å². The van der Waals surface area contributed by atoms with E-state index in [4.69, 9.17) is 6.42 Å². The van der Waals surface area contributed by atoms with Gasteiger partial charge in [-0.1, -0.05) is 26.0 Å². The van der Waals surface area contributed by atoms with Gasteiger partial charge in [-0.05, 0) is 0 Å². The van der Waals surface area contributed by atoms with Gasteiger partial charge >= 0.3 is 0 Å². The van der Waals surface area contributed by atoms with Gasteiger partial charge in [-0.15, -0.1) is 25.5 Å². The molecule has 0 N–H and O–H groups in total. The summed E-state index contributed by atoms with van der Waals surface area (Å²) in [5, 5.41) is 0. The standard InChI is InChI=1S/C13H19NO/c1-6-9-13(4,5)12(15)14(10-7-2)11-8-3/h1,7-8H,2-3,9-11H2,4-5H3. The molecular formula is C13H19NO. The molecule has 0 heterocycles. The van der Waals surface area contributed by atoms with Gasteiger partial charge in [-0.25, -0.2) is 0 Å². The number of hydrogen-bond donors (Lipinski definition) is 0. The van der Waals surface area contributed by atoms with E-state index in [9.17, 15) is 4.79 Å². The summed E-state index contributed by atoms with van der Waals surface area (Å²) in [4.78, 5) is 13.8. The number of terminal acetylenes is 1. The van der Waals surface area contributed by atoms with Crippen LogP contribution >= 0.6 is 0 Å². The second-order valence-electron chi connectivity index (χ2n) is 4.05. The molecule has 0 atom stereocenters. The first kappa shape index (κ1) is 13.5. The summed E-state index contributed by atoms with van der Waals surface area (Å²) in [6.45, 7) is 12.0. The minimum atomic E-state index is -0.513. The normalized spacial score (nSPS) is 10.2. The Kier molecular flexibility index (Phi) is 5.48. The molecule has 1 amide bonds. The fourth-order valence-corrected chi connectivity index (χ4v) is 1.31. The smallest absolute Gasteiger partial charge is 0.229 e. The highest BCUT2D eigenvalue weighted by Gasteiger charge is 2.30. The van der Waals surface area contributed by atoms with Gasteiger partial charge in [-0.2, -0.15) is 0 Å². The van der Waals surface area contributed by atoms with E-state index in [-0.39, 0.29) is 5.91 Å². The Morgan fingerprint density at radius 1 is 1.40 bits per heavy atom. The lowest BCUT2D eigenvalue weighted by molar-refractivity contribution is -0.139. The van der Waals surface area contributed by atoms with Crippen molar-refractivity contribution < 1.29 is 4.79 Å². The molecule has 0 saturated heterocycles.